The van der Waals surface area contributed by atoms with Crippen LogP contribution in [0, 0.1) is 28.6 Å². The number of allylic oxidation sites excluding steroid dienone is 2. The van der Waals surface area contributed by atoms with Gasteiger partial charge in [-0.25, -0.2) is 0 Å². The van der Waals surface area contributed by atoms with Crippen LogP contribution in [0.25, 0.3) is 6.08 Å². The van der Waals surface area contributed by atoms with Crippen molar-refractivity contribution in [2.45, 2.75) is 58.8 Å². The van der Waals surface area contributed by atoms with E-state index in [0.717, 1.165) is 56.1 Å². The minimum Gasteiger partial charge on any atom is -0.299 e. The van der Waals surface area contributed by atoms with Crippen molar-refractivity contribution in [1.29, 1.82) is 0 Å². The molecule has 2 nitrogen and oxygen atoms in total. The molecule has 5 atom stereocenters. The number of fused-ring (bicyclic) bond motifs is 5. The lowest BCUT2D eigenvalue weighted by molar-refractivity contribution is -0.132. The van der Waals surface area contributed by atoms with E-state index < -0.39 is 0 Å². The summed E-state index contributed by atoms with van der Waals surface area (Å²) in [5.41, 5.74) is 3.43. The minimum absolute atomic E-state index is 0.0738. The maximum atomic E-state index is 12.8. The van der Waals surface area contributed by atoms with Crippen LogP contribution in [0.5, 0.6) is 0 Å². The first kappa shape index (κ1) is 18.1. The zero-order chi connectivity index (χ0) is 19.5. The Kier molecular flexibility index (Phi) is 4.05. The second kappa shape index (κ2) is 6.27. The van der Waals surface area contributed by atoms with Crippen LogP contribution in [0.4, 0.5) is 0 Å². The predicted octanol–water partition coefficient (Wildman–Crippen LogP) is 5.78. The van der Waals surface area contributed by atoms with E-state index in [1.807, 2.05) is 24.3 Å². The highest BCUT2D eigenvalue weighted by atomic mass is 16.1. The summed E-state index contributed by atoms with van der Waals surface area (Å²) in [6.45, 7) is 4.64. The van der Waals surface area contributed by atoms with Gasteiger partial charge in [-0.2, -0.15) is 0 Å². The lowest BCUT2D eigenvalue weighted by atomic mass is 9.47. The summed E-state index contributed by atoms with van der Waals surface area (Å²) in [5, 5.41) is 0. The van der Waals surface area contributed by atoms with E-state index in [9.17, 15) is 9.59 Å². The first-order valence-electron chi connectivity index (χ1n) is 11.0. The Morgan fingerprint density at radius 2 is 1.68 bits per heavy atom. The van der Waals surface area contributed by atoms with Gasteiger partial charge in [0, 0.05) is 17.4 Å². The molecule has 0 bridgehead atoms. The molecule has 0 spiro atoms. The second-order valence-corrected chi connectivity index (χ2v) is 10.0. The van der Waals surface area contributed by atoms with Crippen molar-refractivity contribution < 1.29 is 9.59 Å². The van der Waals surface area contributed by atoms with Crippen LogP contribution in [0.2, 0.25) is 0 Å². The normalized spacial score (nSPS) is 41.3. The molecule has 5 unspecified atom stereocenters. The van der Waals surface area contributed by atoms with Crippen LogP contribution < -0.4 is 0 Å². The van der Waals surface area contributed by atoms with Gasteiger partial charge < -0.3 is 0 Å². The zero-order valence-corrected chi connectivity index (χ0v) is 17.0. The van der Waals surface area contributed by atoms with Crippen LogP contribution in [-0.4, -0.2) is 11.6 Å². The van der Waals surface area contributed by atoms with Crippen molar-refractivity contribution in [2.75, 3.05) is 0 Å². The molecule has 2 heteroatoms. The fourth-order valence-electron chi connectivity index (χ4n) is 7.19. The van der Waals surface area contributed by atoms with Gasteiger partial charge in [0.15, 0.2) is 5.78 Å². The first-order valence-corrected chi connectivity index (χ1v) is 11.0. The molecular weight excluding hydrogens is 344 g/mol. The summed E-state index contributed by atoms with van der Waals surface area (Å²) < 4.78 is 0. The molecule has 3 fully saturated rings. The maximum Gasteiger partial charge on any atom is 0.181 e. The van der Waals surface area contributed by atoms with E-state index in [1.165, 1.54) is 5.57 Å². The molecule has 0 N–H and O–H groups in total. The summed E-state index contributed by atoms with van der Waals surface area (Å²) >= 11 is 0. The number of rotatable bonds is 1. The molecule has 146 valence electrons. The van der Waals surface area contributed by atoms with Crippen molar-refractivity contribution in [1.82, 2.24) is 0 Å². The van der Waals surface area contributed by atoms with Gasteiger partial charge in [-0.1, -0.05) is 49.8 Å². The molecule has 0 aromatic heterocycles. The van der Waals surface area contributed by atoms with Crippen LogP contribution in [0.3, 0.4) is 0 Å². The number of carbonyl (C=O) groups is 2. The van der Waals surface area contributed by atoms with Gasteiger partial charge in [0.2, 0.25) is 0 Å². The third kappa shape index (κ3) is 2.53. The molecule has 0 heterocycles. The third-order valence-corrected chi connectivity index (χ3v) is 8.77. The van der Waals surface area contributed by atoms with Crippen molar-refractivity contribution >= 4 is 17.6 Å². The van der Waals surface area contributed by atoms with E-state index in [4.69, 9.17) is 0 Å². The molecule has 0 radical (unpaired) electrons. The average molecular weight is 375 g/mol. The van der Waals surface area contributed by atoms with Gasteiger partial charge in [-0.15, -0.1) is 0 Å². The fraction of sp³-hybridized carbons (Fsp3) is 0.538. The Bertz CT molecular complexity index is 892. The van der Waals surface area contributed by atoms with E-state index in [2.05, 4.69) is 32.1 Å². The number of Topliss-reactive ketones (excluding diaryl/α,β-unsaturated/α-hetero) is 1. The van der Waals surface area contributed by atoms with Crippen LogP contribution in [0.1, 0.15) is 64.4 Å². The molecule has 4 aliphatic carbocycles. The minimum atomic E-state index is -0.0774. The van der Waals surface area contributed by atoms with Gasteiger partial charge in [0.1, 0.15) is 5.78 Å². The number of carbonyl (C=O) groups excluding carboxylic acids is 2. The Morgan fingerprint density at radius 3 is 2.46 bits per heavy atom. The van der Waals surface area contributed by atoms with E-state index in [1.54, 1.807) is 0 Å². The lowest BCUT2D eigenvalue weighted by Crippen LogP contribution is -2.50. The summed E-state index contributed by atoms with van der Waals surface area (Å²) in [6.07, 6.45) is 11.1. The summed E-state index contributed by atoms with van der Waals surface area (Å²) in [6, 6.07) is 10.2. The van der Waals surface area contributed by atoms with Crippen molar-refractivity contribution in [3.63, 3.8) is 0 Å². The monoisotopic (exact) mass is 374 g/mol. The predicted molar refractivity (Wildman–Crippen MR) is 112 cm³/mol. The van der Waals surface area contributed by atoms with Gasteiger partial charge in [-0.05, 0) is 79.4 Å². The SMILES string of the molecule is CC12CCC3C(CCC4=CC(=O)C(=Cc5ccccc5)CC43C)C1CCC2=O. The highest BCUT2D eigenvalue weighted by molar-refractivity contribution is 6.08. The molecule has 1 aromatic rings. The molecule has 1 aromatic carbocycles. The topological polar surface area (TPSA) is 34.1 Å². The summed E-state index contributed by atoms with van der Waals surface area (Å²) in [7, 11) is 0. The molecule has 5 rings (SSSR count). The lowest BCUT2D eigenvalue weighted by Gasteiger charge is -2.57. The standard InChI is InChI=1S/C26H30O2/c1-25-13-12-22-20(21(25)10-11-24(25)28)9-8-19-15-23(27)18(16-26(19,22)2)14-17-6-4-3-5-7-17/h3-7,14-15,20-22H,8-13,16H2,1-2H3. The zero-order valence-electron chi connectivity index (χ0n) is 17.0. The van der Waals surface area contributed by atoms with Crippen LogP contribution in [-0.2, 0) is 9.59 Å². The molecule has 4 aliphatic rings. The van der Waals surface area contributed by atoms with Crippen molar-refractivity contribution in [3.05, 3.63) is 53.1 Å². The largest absolute Gasteiger partial charge is 0.299 e. The molecule has 0 aliphatic heterocycles. The Labute approximate surface area is 168 Å². The molecule has 3 saturated carbocycles. The smallest absolute Gasteiger partial charge is 0.181 e. The first-order chi connectivity index (χ1) is 13.4. The number of benzene rings is 1. The number of ketones is 2. The quantitative estimate of drug-likeness (QED) is 0.584. The van der Waals surface area contributed by atoms with E-state index in [0.29, 0.717) is 23.5 Å². The summed E-state index contributed by atoms with van der Waals surface area (Å²) in [5.74, 6) is 2.50. The Hall–Kier alpha value is -1.96. The van der Waals surface area contributed by atoms with Crippen molar-refractivity contribution in [2.24, 2.45) is 28.6 Å². The molecule has 28 heavy (non-hydrogen) atoms. The highest BCUT2D eigenvalue weighted by Crippen LogP contribution is 2.64. The van der Waals surface area contributed by atoms with Gasteiger partial charge in [0.25, 0.3) is 0 Å². The maximum absolute atomic E-state index is 12.8. The van der Waals surface area contributed by atoms with Gasteiger partial charge in [0.05, 0.1) is 0 Å². The van der Waals surface area contributed by atoms with Crippen molar-refractivity contribution in [3.8, 4) is 0 Å². The second-order valence-electron chi connectivity index (χ2n) is 10.0. The molecule has 0 saturated heterocycles. The number of hydrogen-bond acceptors (Lipinski definition) is 2. The van der Waals surface area contributed by atoms with Crippen LogP contribution >= 0.6 is 0 Å². The number of hydrogen-bond donors (Lipinski definition) is 0. The molecular formula is C26H30O2. The van der Waals surface area contributed by atoms with E-state index in [-0.39, 0.29) is 16.6 Å². The van der Waals surface area contributed by atoms with Crippen LogP contribution in [0.15, 0.2) is 47.6 Å². The van der Waals surface area contributed by atoms with E-state index >= 15 is 0 Å². The Morgan fingerprint density at radius 1 is 0.929 bits per heavy atom. The third-order valence-electron chi connectivity index (χ3n) is 8.77. The average Bonchev–Trinajstić information content (AvgIpc) is 2.99. The van der Waals surface area contributed by atoms with Gasteiger partial charge >= 0.3 is 0 Å². The Balaban J connectivity index is 1.50. The highest BCUT2D eigenvalue weighted by Gasteiger charge is 2.59. The molecule has 0 amide bonds. The van der Waals surface area contributed by atoms with Gasteiger partial charge in [-0.3, -0.25) is 9.59 Å². The fourth-order valence-corrected chi connectivity index (χ4v) is 7.19. The summed E-state index contributed by atoms with van der Waals surface area (Å²) in [4.78, 5) is 25.4.